The van der Waals surface area contributed by atoms with E-state index in [0.717, 1.165) is 9.13 Å². The van der Waals surface area contributed by atoms with Crippen molar-refractivity contribution in [2.75, 3.05) is 14.1 Å². The first-order valence-corrected chi connectivity index (χ1v) is 13.5. The summed E-state index contributed by atoms with van der Waals surface area (Å²) in [6.45, 7) is 0.0986. The summed E-state index contributed by atoms with van der Waals surface area (Å²) in [5, 5.41) is 22.3. The fourth-order valence-corrected chi connectivity index (χ4v) is 7.38. The second kappa shape index (κ2) is 9.82. The summed E-state index contributed by atoms with van der Waals surface area (Å²) in [6, 6.07) is 11.6. The van der Waals surface area contributed by atoms with Crippen LogP contribution < -0.4 is 5.73 Å². The number of carbonyl (C=O) groups excluding carboxylic acids is 4. The van der Waals surface area contributed by atoms with Crippen LogP contribution in [-0.2, 0) is 32.1 Å². The Hall–Kier alpha value is -2.67. The van der Waals surface area contributed by atoms with Crippen LogP contribution in [0.25, 0.3) is 0 Å². The highest BCUT2D eigenvalue weighted by molar-refractivity contribution is 14.1. The maximum atomic E-state index is 14.0. The van der Waals surface area contributed by atoms with Gasteiger partial charge in [0.15, 0.2) is 23.0 Å². The molecular weight excluding hydrogens is 603 g/mol. The lowest BCUT2D eigenvalue weighted by Crippen LogP contribution is -2.75. The quantitative estimate of drug-likeness (QED) is 0.332. The van der Waals surface area contributed by atoms with E-state index >= 15 is 0 Å². The van der Waals surface area contributed by atoms with Crippen molar-refractivity contribution in [2.45, 2.75) is 37.2 Å². The predicted octanol–water partition coefficient (Wildman–Crippen LogP) is 1.49. The first-order chi connectivity index (χ1) is 18.0. The number of rotatable bonds is 5. The van der Waals surface area contributed by atoms with E-state index in [4.69, 9.17) is 10.5 Å². The van der Waals surface area contributed by atoms with Crippen LogP contribution in [0.15, 0.2) is 42.5 Å². The smallest absolute Gasteiger partial charge is 0.230 e. The molecule has 10 heteroatoms. The number of ketones is 3. The first kappa shape index (κ1) is 26.9. The molecule has 2 saturated carbocycles. The van der Waals surface area contributed by atoms with Crippen molar-refractivity contribution >= 4 is 45.8 Å². The van der Waals surface area contributed by atoms with Crippen LogP contribution in [0.5, 0.6) is 5.75 Å². The lowest BCUT2D eigenvalue weighted by atomic mass is 9.52. The lowest BCUT2D eigenvalue weighted by Gasteiger charge is -2.55. The van der Waals surface area contributed by atoms with Gasteiger partial charge >= 0.3 is 0 Å². The number of Topliss-reactive ketones (excluding diaryl/α,β-unsaturated/α-hetero) is 3. The molecular formula is C28H29IN2O7. The largest absolute Gasteiger partial charge is 0.507 e. The number of nitrogens with zero attached hydrogens (tertiary/aromatic N) is 1. The molecule has 9 nitrogen and oxygen atoms in total. The summed E-state index contributed by atoms with van der Waals surface area (Å²) in [4.78, 5) is 55.8. The van der Waals surface area contributed by atoms with Crippen LogP contribution in [0, 0.1) is 27.2 Å². The minimum atomic E-state index is -2.59. The topological polar surface area (TPSA) is 147 Å². The van der Waals surface area contributed by atoms with Crippen molar-refractivity contribution in [3.63, 3.8) is 0 Å². The van der Waals surface area contributed by atoms with E-state index in [9.17, 15) is 29.4 Å². The Morgan fingerprint density at radius 3 is 2.45 bits per heavy atom. The maximum absolute atomic E-state index is 14.0. The van der Waals surface area contributed by atoms with Gasteiger partial charge in [-0.05, 0) is 78.7 Å². The number of hydrogen-bond donors (Lipinski definition) is 3. The molecule has 0 radical (unpaired) electrons. The summed E-state index contributed by atoms with van der Waals surface area (Å²) in [7, 11) is 3.47. The Morgan fingerprint density at radius 1 is 1.13 bits per heavy atom. The molecule has 2 aromatic rings. The third kappa shape index (κ3) is 4.00. The van der Waals surface area contributed by atoms with Crippen LogP contribution in [-0.4, -0.2) is 70.2 Å². The molecule has 0 spiro atoms. The van der Waals surface area contributed by atoms with Crippen LogP contribution in [0.4, 0.5) is 0 Å². The van der Waals surface area contributed by atoms with Gasteiger partial charge in [-0.15, -0.1) is 0 Å². The molecule has 200 valence electrons. The molecule has 0 aromatic heterocycles. The molecule has 3 aliphatic carbocycles. The molecule has 4 N–H and O–H groups in total. The molecule has 1 amide bonds. The predicted molar refractivity (Wildman–Crippen MR) is 144 cm³/mol. The van der Waals surface area contributed by atoms with E-state index in [0.29, 0.717) is 12.0 Å². The number of nitrogens with two attached hydrogens (primary N) is 1. The van der Waals surface area contributed by atoms with Crippen LogP contribution in [0.3, 0.4) is 0 Å². The molecule has 0 saturated heterocycles. The Balaban J connectivity index is 1.59. The molecule has 38 heavy (non-hydrogen) atoms. The molecule has 0 bridgehead atoms. The molecule has 7 atom stereocenters. The minimum Gasteiger partial charge on any atom is -0.507 e. The summed E-state index contributed by atoms with van der Waals surface area (Å²) in [5.74, 6) is -8.14. The van der Waals surface area contributed by atoms with Gasteiger partial charge in [-0.2, -0.15) is 0 Å². The van der Waals surface area contributed by atoms with Crippen LogP contribution in [0.1, 0.15) is 27.9 Å². The number of ether oxygens (including phenoxy) is 1. The first-order valence-electron chi connectivity index (χ1n) is 12.4. The van der Waals surface area contributed by atoms with Crippen LogP contribution in [0.2, 0.25) is 0 Å². The standard InChI is InChI=1S/C28H29IN2O7/c1-31(2)22-16-11-14-10-15-17(29)8-9-18(32)20(15)23(33)19(14)25(34)28(16,37)26(35)21(27(30)36)24(22)38-12-13-6-4-3-5-7-13/h3-9,14,16,19,21-22,24,32,37H,10-12H2,1-2H3,(H2,30,36)/t14-,16-,19?,21?,22-,24?,28-/m0/s1. The van der Waals surface area contributed by atoms with Crippen molar-refractivity contribution in [2.24, 2.45) is 29.4 Å². The molecule has 5 rings (SSSR count). The molecule has 0 heterocycles. The van der Waals surface area contributed by atoms with Gasteiger partial charge in [0, 0.05) is 15.5 Å². The molecule has 2 fully saturated rings. The molecule has 3 aliphatic rings. The van der Waals surface area contributed by atoms with E-state index in [-0.39, 0.29) is 24.3 Å². The van der Waals surface area contributed by atoms with Crippen molar-refractivity contribution < 1.29 is 34.1 Å². The zero-order valence-electron chi connectivity index (χ0n) is 21.0. The number of likely N-dealkylation sites (N-methyl/N-ethyl adjacent to an activating group) is 1. The Labute approximate surface area is 233 Å². The number of phenolic OH excluding ortho intramolecular Hbond substituents is 1. The number of aliphatic hydroxyl groups is 1. The summed E-state index contributed by atoms with van der Waals surface area (Å²) < 4.78 is 6.97. The SMILES string of the molecule is CN(C)[C@@H]1C(OCc2ccccc2)C(C(N)=O)C(=O)[C@@]2(O)C(=O)C3C(=O)c4c(O)ccc(I)c4C[C@H]3C[C@@H]12. The van der Waals surface area contributed by atoms with Crippen LogP contribution >= 0.6 is 22.6 Å². The van der Waals surface area contributed by atoms with E-state index in [1.807, 2.05) is 30.3 Å². The fourth-order valence-electron chi connectivity index (χ4n) is 6.71. The Morgan fingerprint density at radius 2 is 1.82 bits per heavy atom. The summed E-state index contributed by atoms with van der Waals surface area (Å²) in [6.07, 6.45) is -0.504. The lowest BCUT2D eigenvalue weighted by molar-refractivity contribution is -0.196. The number of carbonyl (C=O) groups is 4. The van der Waals surface area contributed by atoms with Gasteiger partial charge in [-0.3, -0.25) is 19.2 Å². The molecule has 2 aromatic carbocycles. The van der Waals surface area contributed by atoms with Gasteiger partial charge in [0.25, 0.3) is 0 Å². The van der Waals surface area contributed by atoms with Crippen molar-refractivity contribution in [1.82, 2.24) is 4.90 Å². The Kier molecular flexibility index (Phi) is 6.95. The molecule has 3 unspecified atom stereocenters. The second-order valence-electron chi connectivity index (χ2n) is 10.7. The van der Waals surface area contributed by atoms with E-state index < -0.39 is 64.7 Å². The number of aromatic hydroxyl groups is 1. The summed E-state index contributed by atoms with van der Waals surface area (Å²) in [5.41, 5.74) is 4.63. The van der Waals surface area contributed by atoms with Crippen molar-refractivity contribution in [1.29, 1.82) is 0 Å². The zero-order chi connectivity index (χ0) is 27.5. The third-order valence-corrected chi connectivity index (χ3v) is 9.39. The minimum absolute atomic E-state index is 0.0523. The van der Waals surface area contributed by atoms with Gasteiger partial charge in [0.05, 0.1) is 24.2 Å². The van der Waals surface area contributed by atoms with E-state index in [2.05, 4.69) is 22.6 Å². The van der Waals surface area contributed by atoms with Crippen molar-refractivity contribution in [3.05, 3.63) is 62.7 Å². The van der Waals surface area contributed by atoms with E-state index in [1.165, 1.54) is 6.07 Å². The van der Waals surface area contributed by atoms with Gasteiger partial charge in [0.2, 0.25) is 5.91 Å². The van der Waals surface area contributed by atoms with E-state index in [1.54, 1.807) is 25.1 Å². The number of amides is 1. The average Bonchev–Trinajstić information content (AvgIpc) is 2.87. The number of halogens is 1. The highest BCUT2D eigenvalue weighted by Gasteiger charge is 2.69. The number of primary amides is 1. The van der Waals surface area contributed by atoms with Gasteiger partial charge in [0.1, 0.15) is 11.7 Å². The number of fused-ring (bicyclic) bond motifs is 3. The monoisotopic (exact) mass is 632 g/mol. The Bertz CT molecular complexity index is 1330. The van der Waals surface area contributed by atoms with Gasteiger partial charge in [-0.1, -0.05) is 30.3 Å². The highest BCUT2D eigenvalue weighted by Crippen LogP contribution is 2.52. The van der Waals surface area contributed by atoms with Gasteiger partial charge in [-0.25, -0.2) is 0 Å². The zero-order valence-corrected chi connectivity index (χ0v) is 23.1. The van der Waals surface area contributed by atoms with Crippen molar-refractivity contribution in [3.8, 4) is 5.75 Å². The normalized spacial score (nSPS) is 32.5. The maximum Gasteiger partial charge on any atom is 0.230 e. The average molecular weight is 632 g/mol. The second-order valence-corrected chi connectivity index (χ2v) is 11.8. The molecule has 0 aliphatic heterocycles. The summed E-state index contributed by atoms with van der Waals surface area (Å²) >= 11 is 2.09. The third-order valence-electron chi connectivity index (χ3n) is 8.38. The number of hydrogen-bond acceptors (Lipinski definition) is 8. The number of phenols is 1. The van der Waals surface area contributed by atoms with Gasteiger partial charge < -0.3 is 25.6 Å². The number of benzene rings is 2. The highest BCUT2D eigenvalue weighted by atomic mass is 127. The fraction of sp³-hybridized carbons (Fsp3) is 0.429.